The Bertz CT molecular complexity index is 548. The van der Waals surface area contributed by atoms with Gasteiger partial charge in [0, 0.05) is 0 Å². The predicted octanol–water partition coefficient (Wildman–Crippen LogP) is 5.64. The number of hydrogen-bond acceptors (Lipinski definition) is 4. The summed E-state index contributed by atoms with van der Waals surface area (Å²) in [6, 6.07) is 0. The Labute approximate surface area is 168 Å². The summed E-state index contributed by atoms with van der Waals surface area (Å²) in [5.74, 6) is -21.2. The maximum atomic E-state index is 13.0. The quantitative estimate of drug-likeness (QED) is 0.328. The van der Waals surface area contributed by atoms with E-state index >= 15 is 0 Å². The molecule has 0 spiro atoms. The topological polar surface area (TPSA) is 52.6 Å². The third-order valence-corrected chi connectivity index (χ3v) is 4.10. The number of carbonyl (C=O) groups is 2. The summed E-state index contributed by atoms with van der Waals surface area (Å²) in [4.78, 5) is 21.6. The maximum Gasteiger partial charge on any atom is 0.460 e. The molecule has 0 amide bonds. The van der Waals surface area contributed by atoms with Gasteiger partial charge in [0.1, 0.15) is 0 Å². The van der Waals surface area contributed by atoms with Crippen LogP contribution < -0.4 is 0 Å². The minimum atomic E-state index is -6.93. The van der Waals surface area contributed by atoms with Crippen LogP contribution in [0.1, 0.15) is 47.0 Å². The summed E-state index contributed by atoms with van der Waals surface area (Å²) in [5.41, 5.74) is 0. The molecule has 0 heterocycles. The number of rotatable bonds is 9. The molecule has 0 fully saturated rings. The lowest BCUT2D eigenvalue weighted by Crippen LogP contribution is -2.61. The van der Waals surface area contributed by atoms with Crippen molar-refractivity contribution in [3.63, 3.8) is 0 Å². The Morgan fingerprint density at radius 3 is 1.47 bits per heavy atom. The number of hydrogen-bond donors (Lipinski definition) is 0. The monoisotopic (exact) mass is 464 g/mol. The van der Waals surface area contributed by atoms with Crippen molar-refractivity contribution in [1.82, 2.24) is 0 Å². The van der Waals surface area contributed by atoms with E-state index < -0.39 is 48.9 Å². The van der Waals surface area contributed by atoms with Crippen LogP contribution in [0.3, 0.4) is 0 Å². The van der Waals surface area contributed by atoms with Crippen molar-refractivity contribution in [2.24, 2.45) is 11.8 Å². The lowest BCUT2D eigenvalue weighted by molar-refractivity contribution is -0.397. The van der Waals surface area contributed by atoms with Gasteiger partial charge in [0.05, 0.1) is 32.0 Å². The molecule has 2 unspecified atom stereocenters. The highest BCUT2D eigenvalue weighted by atomic mass is 19.4. The highest BCUT2D eigenvalue weighted by Crippen LogP contribution is 2.53. The van der Waals surface area contributed by atoms with E-state index in [1.165, 1.54) is 21.0 Å². The lowest BCUT2D eigenvalue weighted by Gasteiger charge is -2.33. The molecule has 0 aromatic heterocycles. The molecule has 0 aliphatic carbocycles. The third-order valence-electron chi connectivity index (χ3n) is 4.10. The van der Waals surface area contributed by atoms with Crippen molar-refractivity contribution in [1.29, 1.82) is 0 Å². The minimum absolute atomic E-state index is 0.0556. The predicted molar refractivity (Wildman–Crippen MR) is 87.4 cm³/mol. The van der Waals surface area contributed by atoms with Crippen LogP contribution in [0.15, 0.2) is 0 Å². The van der Waals surface area contributed by atoms with Crippen LogP contribution in [-0.2, 0) is 19.1 Å². The van der Waals surface area contributed by atoms with Gasteiger partial charge in [0.15, 0.2) is 0 Å². The van der Waals surface area contributed by atoms with Gasteiger partial charge in [-0.3, -0.25) is 9.59 Å². The molecule has 2 atom stereocenters. The molecule has 0 aliphatic rings. The van der Waals surface area contributed by atoms with Gasteiger partial charge in [-0.05, 0) is 12.8 Å². The molecule has 0 radical (unpaired) electrons. The summed E-state index contributed by atoms with van der Waals surface area (Å²) < 4.78 is 121. The molecular formula is C17H25F9O4. The summed E-state index contributed by atoms with van der Waals surface area (Å²) in [5, 5.41) is 0. The standard InChI is InChI=1S/C11H13F9O2.C6H12O2/c1-3-6(2)7(21)22-5-4-8(12,13)9(14,15)10(16,17)11(18,19)20;1-4-5(2)6(7)8-3/h6H,3-5H2,1-2H3;5H,4H2,1-3H3. The number of ether oxygens (including phenoxy) is 2. The summed E-state index contributed by atoms with van der Waals surface area (Å²) in [6.45, 7) is 5.25. The van der Waals surface area contributed by atoms with Gasteiger partial charge in [0.25, 0.3) is 0 Å². The fourth-order valence-electron chi connectivity index (χ4n) is 1.52. The van der Waals surface area contributed by atoms with E-state index in [9.17, 15) is 49.1 Å². The van der Waals surface area contributed by atoms with Crippen LogP contribution in [0.5, 0.6) is 0 Å². The molecule has 180 valence electrons. The Morgan fingerprint density at radius 2 is 1.17 bits per heavy atom. The Morgan fingerprint density at radius 1 is 0.767 bits per heavy atom. The summed E-state index contributed by atoms with van der Waals surface area (Å²) >= 11 is 0. The highest BCUT2D eigenvalue weighted by molar-refractivity contribution is 5.72. The molecule has 0 aromatic carbocycles. The van der Waals surface area contributed by atoms with Crippen molar-refractivity contribution in [2.75, 3.05) is 13.7 Å². The Hall–Kier alpha value is -1.69. The van der Waals surface area contributed by atoms with Gasteiger partial charge in [-0.15, -0.1) is 0 Å². The average Bonchev–Trinajstić information content (AvgIpc) is 2.64. The molecule has 0 aromatic rings. The smallest absolute Gasteiger partial charge is 0.460 e. The van der Waals surface area contributed by atoms with Crippen LogP contribution in [0.25, 0.3) is 0 Å². The van der Waals surface area contributed by atoms with Gasteiger partial charge >= 0.3 is 35.9 Å². The molecule has 0 aliphatic heterocycles. The average molecular weight is 464 g/mol. The first-order valence-electron chi connectivity index (χ1n) is 8.78. The van der Waals surface area contributed by atoms with Gasteiger partial charge in [-0.1, -0.05) is 27.7 Å². The van der Waals surface area contributed by atoms with Gasteiger partial charge in [-0.25, -0.2) is 0 Å². The number of carbonyl (C=O) groups excluding carboxylic acids is 2. The van der Waals surface area contributed by atoms with E-state index in [-0.39, 0.29) is 18.3 Å². The van der Waals surface area contributed by atoms with E-state index in [0.29, 0.717) is 0 Å². The lowest BCUT2D eigenvalue weighted by atomic mass is 10.0. The van der Waals surface area contributed by atoms with Crippen molar-refractivity contribution in [2.45, 2.75) is 70.9 Å². The van der Waals surface area contributed by atoms with Crippen molar-refractivity contribution < 1.29 is 58.6 Å². The molecule has 4 nitrogen and oxygen atoms in total. The number of methoxy groups -OCH3 is 1. The molecule has 0 saturated carbocycles. The third kappa shape index (κ3) is 7.86. The molecule has 0 saturated heterocycles. The summed E-state index contributed by atoms with van der Waals surface area (Å²) in [6.07, 6.45) is -7.94. The van der Waals surface area contributed by atoms with Crippen molar-refractivity contribution in [3.05, 3.63) is 0 Å². The second-order valence-electron chi connectivity index (χ2n) is 6.41. The fraction of sp³-hybridized carbons (Fsp3) is 0.882. The second-order valence-corrected chi connectivity index (χ2v) is 6.41. The first-order chi connectivity index (χ1) is 13.3. The first-order valence-corrected chi connectivity index (χ1v) is 8.78. The van der Waals surface area contributed by atoms with E-state index in [2.05, 4.69) is 9.47 Å². The SMILES string of the molecule is CCC(C)C(=O)OC.CCC(C)C(=O)OCCC(F)(F)C(F)(F)C(F)(F)C(F)(F)F. The van der Waals surface area contributed by atoms with Crippen LogP contribution in [0.4, 0.5) is 39.5 Å². The zero-order valence-electron chi connectivity index (χ0n) is 17.0. The normalized spacial score (nSPS) is 14.9. The molecular weight excluding hydrogens is 439 g/mol. The van der Waals surface area contributed by atoms with Crippen LogP contribution in [0.2, 0.25) is 0 Å². The van der Waals surface area contributed by atoms with E-state index in [1.807, 2.05) is 13.8 Å². The van der Waals surface area contributed by atoms with Crippen molar-refractivity contribution >= 4 is 11.9 Å². The first kappa shape index (κ1) is 30.5. The largest absolute Gasteiger partial charge is 0.469 e. The Kier molecular flexibility index (Phi) is 11.8. The van der Waals surface area contributed by atoms with Crippen LogP contribution in [0, 0.1) is 11.8 Å². The van der Waals surface area contributed by atoms with E-state index in [0.717, 1.165) is 6.42 Å². The van der Waals surface area contributed by atoms with Crippen molar-refractivity contribution in [3.8, 4) is 0 Å². The van der Waals surface area contributed by atoms with E-state index in [4.69, 9.17) is 0 Å². The van der Waals surface area contributed by atoms with Crippen LogP contribution >= 0.6 is 0 Å². The molecule has 13 heteroatoms. The fourth-order valence-corrected chi connectivity index (χ4v) is 1.52. The molecule has 0 N–H and O–H groups in total. The zero-order valence-corrected chi connectivity index (χ0v) is 17.0. The highest BCUT2D eigenvalue weighted by Gasteiger charge is 2.81. The van der Waals surface area contributed by atoms with Gasteiger partial charge < -0.3 is 9.47 Å². The molecule has 0 bridgehead atoms. The Balaban J connectivity index is 0. The zero-order chi connectivity index (χ0) is 24.6. The van der Waals surface area contributed by atoms with E-state index in [1.54, 1.807) is 0 Å². The van der Waals surface area contributed by atoms with Gasteiger partial charge in [0.2, 0.25) is 0 Å². The maximum absolute atomic E-state index is 13.0. The molecule has 30 heavy (non-hydrogen) atoms. The number of esters is 2. The molecule has 0 rings (SSSR count). The number of alkyl halides is 9. The van der Waals surface area contributed by atoms with Crippen LogP contribution in [-0.4, -0.2) is 49.6 Å². The summed E-state index contributed by atoms with van der Waals surface area (Å²) in [7, 11) is 1.41. The van der Waals surface area contributed by atoms with Gasteiger partial charge in [-0.2, -0.15) is 39.5 Å². The second kappa shape index (κ2) is 11.6. The number of halogens is 9. The minimum Gasteiger partial charge on any atom is -0.469 e.